The van der Waals surface area contributed by atoms with Crippen LogP contribution in [0.25, 0.3) is 0 Å². The molecule has 1 heterocycles. The lowest BCUT2D eigenvalue weighted by Gasteiger charge is -2.33. The molecule has 0 aromatic carbocycles. The maximum Gasteiger partial charge on any atom is 0.262 e. The number of nitrogens with zero attached hydrogens (tertiary/aromatic N) is 1. The molecule has 5 heteroatoms. The second-order valence-electron chi connectivity index (χ2n) is 3.02. The van der Waals surface area contributed by atoms with Gasteiger partial charge in [-0.3, -0.25) is 4.90 Å². The molecule has 1 saturated heterocycles. The molecule has 1 unspecified atom stereocenters. The number of hydrogen-bond acceptors (Lipinski definition) is 2. The fraction of sp³-hybridized carbons (Fsp3) is 1.00. The monoisotopic (exact) mass is 186 g/mol. The molecule has 0 aliphatic carbocycles. The van der Waals surface area contributed by atoms with Gasteiger partial charge in [0.25, 0.3) is 5.92 Å². The highest BCUT2D eigenvalue weighted by Crippen LogP contribution is 2.24. The lowest BCUT2D eigenvalue weighted by molar-refractivity contribution is -0.0636. The second kappa shape index (κ2) is 3.65. The fourth-order valence-corrected chi connectivity index (χ4v) is 1.37. The zero-order valence-electron chi connectivity index (χ0n) is 6.39. The van der Waals surface area contributed by atoms with Crippen molar-refractivity contribution in [1.82, 2.24) is 4.90 Å². The molecule has 68 valence electrons. The minimum absolute atomic E-state index is 0. The third kappa shape index (κ3) is 3.31. The van der Waals surface area contributed by atoms with Crippen molar-refractivity contribution >= 4 is 12.4 Å². The average Bonchev–Trinajstić information content (AvgIpc) is 1.54. The van der Waals surface area contributed by atoms with Gasteiger partial charge in [0.2, 0.25) is 0 Å². The van der Waals surface area contributed by atoms with Crippen LogP contribution in [0.4, 0.5) is 8.78 Å². The van der Waals surface area contributed by atoms with Gasteiger partial charge in [-0.25, -0.2) is 8.78 Å². The molecule has 11 heavy (non-hydrogen) atoms. The highest BCUT2D eigenvalue weighted by Gasteiger charge is 2.37. The summed E-state index contributed by atoms with van der Waals surface area (Å²) in [6, 6.07) is -0.367. The van der Waals surface area contributed by atoms with Crippen molar-refractivity contribution in [3.63, 3.8) is 0 Å². The molecular formula is C6H13ClF2N2. The van der Waals surface area contributed by atoms with E-state index in [0.29, 0.717) is 6.54 Å². The van der Waals surface area contributed by atoms with Gasteiger partial charge in [-0.1, -0.05) is 0 Å². The molecule has 2 nitrogen and oxygen atoms in total. The Balaban J connectivity index is 0.000001000. The summed E-state index contributed by atoms with van der Waals surface area (Å²) in [6.07, 6.45) is -0.169. The van der Waals surface area contributed by atoms with Crippen molar-refractivity contribution in [3.05, 3.63) is 0 Å². The van der Waals surface area contributed by atoms with Gasteiger partial charge < -0.3 is 5.73 Å². The summed E-state index contributed by atoms with van der Waals surface area (Å²) in [4.78, 5) is 1.56. The minimum atomic E-state index is -2.58. The Labute approximate surface area is 71.1 Å². The SMILES string of the molecule is CN1CC(N)CC(F)(F)C1.Cl. The lowest BCUT2D eigenvalue weighted by Crippen LogP contribution is -2.50. The van der Waals surface area contributed by atoms with E-state index in [9.17, 15) is 8.78 Å². The Bertz CT molecular complexity index is 120. The predicted octanol–water partition coefficient (Wildman–Crippen LogP) is 0.706. The van der Waals surface area contributed by atoms with Gasteiger partial charge in [-0.15, -0.1) is 12.4 Å². The maximum absolute atomic E-state index is 12.6. The van der Waals surface area contributed by atoms with Crippen molar-refractivity contribution in [3.8, 4) is 0 Å². The highest BCUT2D eigenvalue weighted by atomic mass is 35.5. The molecule has 1 fully saturated rings. The van der Waals surface area contributed by atoms with Crippen LogP contribution in [0.15, 0.2) is 0 Å². The lowest BCUT2D eigenvalue weighted by atomic mass is 10.0. The molecule has 0 radical (unpaired) electrons. The van der Waals surface area contributed by atoms with Gasteiger partial charge in [-0.05, 0) is 7.05 Å². The molecule has 1 aliphatic heterocycles. The summed E-state index contributed by atoms with van der Waals surface area (Å²) in [5.74, 6) is -2.58. The molecule has 0 bridgehead atoms. The van der Waals surface area contributed by atoms with Crippen molar-refractivity contribution in [1.29, 1.82) is 0 Å². The number of likely N-dealkylation sites (tertiary alicyclic amines) is 1. The van der Waals surface area contributed by atoms with E-state index in [0.717, 1.165) is 0 Å². The Morgan fingerprint density at radius 2 is 2.09 bits per heavy atom. The molecule has 1 atom stereocenters. The van der Waals surface area contributed by atoms with E-state index in [2.05, 4.69) is 0 Å². The van der Waals surface area contributed by atoms with Crippen LogP contribution in [0.3, 0.4) is 0 Å². The van der Waals surface area contributed by atoms with Crippen LogP contribution < -0.4 is 5.73 Å². The fourth-order valence-electron chi connectivity index (χ4n) is 1.37. The first-order chi connectivity index (χ1) is 4.49. The molecule has 2 N–H and O–H groups in total. The standard InChI is InChI=1S/C6H12F2N2.ClH/c1-10-3-5(9)2-6(7,8)4-10;/h5H,2-4,9H2,1H3;1H. The van der Waals surface area contributed by atoms with Crippen LogP contribution in [-0.4, -0.2) is 37.0 Å². The summed E-state index contributed by atoms with van der Waals surface area (Å²) < 4.78 is 25.2. The Morgan fingerprint density at radius 1 is 1.55 bits per heavy atom. The first-order valence-corrected chi connectivity index (χ1v) is 3.31. The highest BCUT2D eigenvalue weighted by molar-refractivity contribution is 5.85. The largest absolute Gasteiger partial charge is 0.326 e. The number of alkyl halides is 2. The van der Waals surface area contributed by atoms with Gasteiger partial charge in [0, 0.05) is 19.0 Å². The van der Waals surface area contributed by atoms with Crippen LogP contribution in [-0.2, 0) is 0 Å². The Hall–Kier alpha value is 0.0700. The predicted molar refractivity (Wildman–Crippen MR) is 42.3 cm³/mol. The van der Waals surface area contributed by atoms with Crippen LogP contribution in [0.1, 0.15) is 6.42 Å². The van der Waals surface area contributed by atoms with Crippen molar-refractivity contribution in [2.75, 3.05) is 20.1 Å². The van der Waals surface area contributed by atoms with E-state index in [1.807, 2.05) is 0 Å². The van der Waals surface area contributed by atoms with Gasteiger partial charge in [-0.2, -0.15) is 0 Å². The summed E-state index contributed by atoms with van der Waals surface area (Å²) in [7, 11) is 1.66. The normalized spacial score (nSPS) is 31.1. The molecule has 1 rings (SSSR count). The first kappa shape index (κ1) is 11.1. The molecule has 0 spiro atoms. The summed E-state index contributed by atoms with van der Waals surface area (Å²) in [6.45, 7) is 0.427. The Morgan fingerprint density at radius 3 is 2.45 bits per heavy atom. The maximum atomic E-state index is 12.6. The van der Waals surface area contributed by atoms with Crippen LogP contribution in [0.5, 0.6) is 0 Å². The van der Waals surface area contributed by atoms with E-state index in [1.165, 1.54) is 0 Å². The number of piperidine rings is 1. The van der Waals surface area contributed by atoms with E-state index >= 15 is 0 Å². The van der Waals surface area contributed by atoms with E-state index in [1.54, 1.807) is 11.9 Å². The van der Waals surface area contributed by atoms with E-state index < -0.39 is 5.92 Å². The van der Waals surface area contributed by atoms with E-state index in [4.69, 9.17) is 5.73 Å². The van der Waals surface area contributed by atoms with Crippen molar-refractivity contribution < 1.29 is 8.78 Å². The van der Waals surface area contributed by atoms with Gasteiger partial charge in [0.05, 0.1) is 6.54 Å². The van der Waals surface area contributed by atoms with Crippen molar-refractivity contribution in [2.24, 2.45) is 5.73 Å². The number of likely N-dealkylation sites (N-methyl/N-ethyl adjacent to an activating group) is 1. The molecule has 1 aliphatic rings. The molecule has 0 aromatic heterocycles. The molecule has 0 amide bonds. The van der Waals surface area contributed by atoms with Crippen LogP contribution in [0.2, 0.25) is 0 Å². The minimum Gasteiger partial charge on any atom is -0.326 e. The van der Waals surface area contributed by atoms with Crippen LogP contribution >= 0.6 is 12.4 Å². The summed E-state index contributed by atoms with van der Waals surface area (Å²) in [5.41, 5.74) is 5.38. The first-order valence-electron chi connectivity index (χ1n) is 3.31. The number of nitrogens with two attached hydrogens (primary N) is 1. The quantitative estimate of drug-likeness (QED) is 0.604. The number of rotatable bonds is 0. The van der Waals surface area contributed by atoms with Crippen LogP contribution in [0, 0.1) is 0 Å². The van der Waals surface area contributed by atoms with Gasteiger partial charge in [0.1, 0.15) is 0 Å². The third-order valence-electron chi connectivity index (χ3n) is 1.61. The number of hydrogen-bond donors (Lipinski definition) is 1. The zero-order chi connectivity index (χ0) is 7.78. The van der Waals surface area contributed by atoms with Gasteiger partial charge in [0.15, 0.2) is 0 Å². The topological polar surface area (TPSA) is 29.3 Å². The molecular weight excluding hydrogens is 174 g/mol. The Kier molecular flexibility index (Phi) is 3.67. The number of halogens is 3. The van der Waals surface area contributed by atoms with Gasteiger partial charge >= 0.3 is 0 Å². The third-order valence-corrected chi connectivity index (χ3v) is 1.61. The van der Waals surface area contributed by atoms with E-state index in [-0.39, 0.29) is 31.4 Å². The molecule has 0 aromatic rings. The average molecular weight is 187 g/mol. The second-order valence-corrected chi connectivity index (χ2v) is 3.02. The van der Waals surface area contributed by atoms with Crippen molar-refractivity contribution in [2.45, 2.75) is 18.4 Å². The molecule has 0 saturated carbocycles. The summed E-state index contributed by atoms with van der Waals surface area (Å²) >= 11 is 0. The smallest absolute Gasteiger partial charge is 0.262 e. The zero-order valence-corrected chi connectivity index (χ0v) is 7.20. The summed E-state index contributed by atoms with van der Waals surface area (Å²) in [5, 5.41) is 0.